The predicted molar refractivity (Wildman–Crippen MR) is 167 cm³/mol. The van der Waals surface area contributed by atoms with Crippen molar-refractivity contribution in [3.63, 3.8) is 0 Å². The Balaban J connectivity index is 1.80. The molecule has 2 amide bonds. The zero-order chi connectivity index (χ0) is 31.1. The lowest BCUT2D eigenvalue weighted by molar-refractivity contribution is -0.139. The summed E-state index contributed by atoms with van der Waals surface area (Å²) in [6.45, 7) is 1.09. The molecule has 4 aromatic rings. The smallest absolute Gasteiger partial charge is 0.264 e. The molecule has 0 heterocycles. The molecule has 0 spiro atoms. The molecule has 0 aliphatic carbocycles. The van der Waals surface area contributed by atoms with E-state index < -0.39 is 40.2 Å². The minimum Gasteiger partial charge on any atom is -0.357 e. The second-order valence-corrected chi connectivity index (χ2v) is 12.6. The van der Waals surface area contributed by atoms with Crippen LogP contribution in [-0.2, 0) is 32.6 Å². The van der Waals surface area contributed by atoms with Crippen LogP contribution in [0.15, 0.2) is 102 Å². The van der Waals surface area contributed by atoms with Crippen molar-refractivity contribution in [1.29, 1.82) is 0 Å². The standard InChI is InChI=1S/C32H30Cl2FN3O4S/c1-22-8-15-27(16-9-22)43(41,42)38(26-14-17-28(33)29(34)19-26)21-31(39)37(20-24-10-12-25(35)13-11-24)30(32(40)36-2)18-23-6-4-3-5-7-23/h3-17,19,30H,18,20-21H2,1-2H3,(H,36,40)/t30-/m0/s1. The Labute approximate surface area is 260 Å². The van der Waals surface area contributed by atoms with Crippen LogP contribution < -0.4 is 9.62 Å². The van der Waals surface area contributed by atoms with Crippen LogP contribution in [0.5, 0.6) is 0 Å². The molecule has 0 saturated carbocycles. The summed E-state index contributed by atoms with van der Waals surface area (Å²) in [5, 5.41) is 2.93. The van der Waals surface area contributed by atoms with Gasteiger partial charge in [-0.15, -0.1) is 0 Å². The first-order valence-electron chi connectivity index (χ1n) is 13.3. The van der Waals surface area contributed by atoms with Crippen LogP contribution in [0.2, 0.25) is 10.0 Å². The van der Waals surface area contributed by atoms with Gasteiger partial charge in [0.05, 0.1) is 20.6 Å². The first kappa shape index (κ1) is 32.0. The topological polar surface area (TPSA) is 86.8 Å². The normalized spacial score (nSPS) is 11.9. The van der Waals surface area contributed by atoms with Crippen molar-refractivity contribution < 1.29 is 22.4 Å². The minimum absolute atomic E-state index is 0.0332. The SMILES string of the molecule is CNC(=O)[C@H](Cc1ccccc1)N(Cc1ccc(F)cc1)C(=O)CN(c1ccc(Cl)c(Cl)c1)S(=O)(=O)c1ccc(C)cc1. The third-order valence-electron chi connectivity index (χ3n) is 6.86. The van der Waals surface area contributed by atoms with E-state index in [1.807, 2.05) is 37.3 Å². The summed E-state index contributed by atoms with van der Waals surface area (Å²) in [4.78, 5) is 28.8. The van der Waals surface area contributed by atoms with Gasteiger partial charge in [-0.25, -0.2) is 12.8 Å². The molecule has 0 aromatic heterocycles. The highest BCUT2D eigenvalue weighted by molar-refractivity contribution is 7.92. The number of sulfonamides is 1. The van der Waals surface area contributed by atoms with E-state index in [1.165, 1.54) is 66.5 Å². The third-order valence-corrected chi connectivity index (χ3v) is 9.39. The number of hydrogen-bond acceptors (Lipinski definition) is 4. The largest absolute Gasteiger partial charge is 0.357 e. The molecule has 1 N–H and O–H groups in total. The van der Waals surface area contributed by atoms with Crippen molar-refractivity contribution >= 4 is 50.7 Å². The van der Waals surface area contributed by atoms with Crippen molar-refractivity contribution in [1.82, 2.24) is 10.2 Å². The van der Waals surface area contributed by atoms with Crippen LogP contribution in [0, 0.1) is 12.7 Å². The van der Waals surface area contributed by atoms with Gasteiger partial charge >= 0.3 is 0 Å². The monoisotopic (exact) mass is 641 g/mol. The molecule has 1 atom stereocenters. The van der Waals surface area contributed by atoms with E-state index in [9.17, 15) is 22.4 Å². The summed E-state index contributed by atoms with van der Waals surface area (Å²) in [6, 6.07) is 24.2. The quantitative estimate of drug-likeness (QED) is 0.217. The lowest BCUT2D eigenvalue weighted by atomic mass is 10.0. The van der Waals surface area contributed by atoms with E-state index in [0.717, 1.165) is 15.4 Å². The van der Waals surface area contributed by atoms with Gasteiger partial charge in [0.2, 0.25) is 11.8 Å². The Morgan fingerprint density at radius 1 is 0.860 bits per heavy atom. The summed E-state index contributed by atoms with van der Waals surface area (Å²) in [6.07, 6.45) is 0.158. The number of carbonyl (C=O) groups is 2. The second kappa shape index (κ2) is 14.0. The van der Waals surface area contributed by atoms with E-state index in [2.05, 4.69) is 5.32 Å². The number of amides is 2. The average molecular weight is 643 g/mol. The van der Waals surface area contributed by atoms with Gasteiger partial charge < -0.3 is 10.2 Å². The fourth-order valence-corrected chi connectivity index (χ4v) is 6.21. The molecule has 11 heteroatoms. The fourth-order valence-electron chi connectivity index (χ4n) is 4.51. The van der Waals surface area contributed by atoms with Gasteiger partial charge in [-0.1, -0.05) is 83.4 Å². The number of carbonyl (C=O) groups excluding carboxylic acids is 2. The number of aryl methyl sites for hydroxylation is 1. The zero-order valence-corrected chi connectivity index (χ0v) is 25.8. The first-order valence-corrected chi connectivity index (χ1v) is 15.5. The van der Waals surface area contributed by atoms with Gasteiger partial charge in [-0.05, 0) is 60.5 Å². The molecule has 0 unspecified atom stereocenters. The average Bonchev–Trinajstić information content (AvgIpc) is 3.00. The van der Waals surface area contributed by atoms with E-state index in [1.54, 1.807) is 12.1 Å². The Bertz CT molecular complexity index is 1690. The molecule has 0 aliphatic rings. The molecule has 4 rings (SSSR count). The number of likely N-dealkylation sites (N-methyl/N-ethyl adjacent to an activating group) is 1. The Hall–Kier alpha value is -3.92. The maximum absolute atomic E-state index is 14.2. The van der Waals surface area contributed by atoms with Crippen molar-refractivity contribution in [2.24, 2.45) is 0 Å². The summed E-state index contributed by atoms with van der Waals surface area (Å²) in [5.74, 6) is -1.55. The Morgan fingerprint density at radius 3 is 2.12 bits per heavy atom. The Morgan fingerprint density at radius 2 is 1.51 bits per heavy atom. The van der Waals surface area contributed by atoms with Crippen LogP contribution in [0.1, 0.15) is 16.7 Å². The molecule has 0 bridgehead atoms. The number of hydrogen-bond donors (Lipinski definition) is 1. The number of nitrogens with zero attached hydrogens (tertiary/aromatic N) is 2. The highest BCUT2D eigenvalue weighted by Crippen LogP contribution is 2.31. The van der Waals surface area contributed by atoms with Gasteiger partial charge in [-0.3, -0.25) is 13.9 Å². The lowest BCUT2D eigenvalue weighted by Gasteiger charge is -2.33. The molecule has 43 heavy (non-hydrogen) atoms. The lowest BCUT2D eigenvalue weighted by Crippen LogP contribution is -2.53. The van der Waals surface area contributed by atoms with E-state index in [0.29, 0.717) is 5.56 Å². The summed E-state index contributed by atoms with van der Waals surface area (Å²) >= 11 is 12.4. The predicted octanol–water partition coefficient (Wildman–Crippen LogP) is 6.02. The first-order chi connectivity index (χ1) is 20.5. The maximum Gasteiger partial charge on any atom is 0.264 e. The molecule has 7 nitrogen and oxygen atoms in total. The molecule has 224 valence electrons. The van der Waals surface area contributed by atoms with Crippen LogP contribution in [0.4, 0.5) is 10.1 Å². The minimum atomic E-state index is -4.28. The number of rotatable bonds is 11. The molecule has 4 aromatic carbocycles. The van der Waals surface area contributed by atoms with E-state index in [4.69, 9.17) is 23.2 Å². The number of halogens is 3. The summed E-state index contributed by atoms with van der Waals surface area (Å²) in [5.41, 5.74) is 2.32. The highest BCUT2D eigenvalue weighted by atomic mass is 35.5. The number of anilines is 1. The molecular weight excluding hydrogens is 612 g/mol. The van der Waals surface area contributed by atoms with Crippen LogP contribution in [0.25, 0.3) is 0 Å². The van der Waals surface area contributed by atoms with Crippen LogP contribution >= 0.6 is 23.2 Å². The van der Waals surface area contributed by atoms with Gasteiger partial charge in [0.25, 0.3) is 10.0 Å². The van der Waals surface area contributed by atoms with Crippen LogP contribution in [-0.4, -0.2) is 44.8 Å². The van der Waals surface area contributed by atoms with Gasteiger partial charge in [0.1, 0.15) is 18.4 Å². The second-order valence-electron chi connectivity index (χ2n) is 9.89. The third kappa shape index (κ3) is 7.93. The van der Waals surface area contributed by atoms with Crippen molar-refractivity contribution in [3.05, 3.63) is 130 Å². The number of benzene rings is 4. The summed E-state index contributed by atoms with van der Waals surface area (Å²) in [7, 11) is -2.82. The Kier molecular flexibility index (Phi) is 10.4. The molecule has 0 fully saturated rings. The van der Waals surface area contributed by atoms with E-state index >= 15 is 0 Å². The number of nitrogens with one attached hydrogen (secondary N) is 1. The fraction of sp³-hybridized carbons (Fsp3) is 0.188. The van der Waals surface area contributed by atoms with Crippen molar-refractivity contribution in [2.45, 2.75) is 30.8 Å². The van der Waals surface area contributed by atoms with Crippen molar-refractivity contribution in [3.8, 4) is 0 Å². The summed E-state index contributed by atoms with van der Waals surface area (Å²) < 4.78 is 42.7. The zero-order valence-electron chi connectivity index (χ0n) is 23.5. The van der Waals surface area contributed by atoms with Crippen molar-refractivity contribution in [2.75, 3.05) is 17.9 Å². The maximum atomic E-state index is 14.2. The van der Waals surface area contributed by atoms with E-state index in [-0.39, 0.29) is 33.6 Å². The van der Waals surface area contributed by atoms with Gasteiger partial charge in [0, 0.05) is 20.0 Å². The molecule has 0 aliphatic heterocycles. The molecular formula is C32H30Cl2FN3O4S. The van der Waals surface area contributed by atoms with Gasteiger partial charge in [-0.2, -0.15) is 0 Å². The molecule has 0 radical (unpaired) electrons. The van der Waals surface area contributed by atoms with Crippen LogP contribution in [0.3, 0.4) is 0 Å². The molecule has 0 saturated heterocycles. The highest BCUT2D eigenvalue weighted by Gasteiger charge is 2.34. The van der Waals surface area contributed by atoms with Gasteiger partial charge in [0.15, 0.2) is 0 Å².